The van der Waals surface area contributed by atoms with Gasteiger partial charge in [-0.25, -0.2) is 0 Å². The zero-order chi connectivity index (χ0) is 11.6. The summed E-state index contributed by atoms with van der Waals surface area (Å²) in [5.74, 6) is 0.169. The molecule has 0 unspecified atom stereocenters. The Bertz CT molecular complexity index is 253. The Morgan fingerprint density at radius 1 is 1.25 bits per heavy atom. The van der Waals surface area contributed by atoms with E-state index in [0.29, 0.717) is 0 Å². The van der Waals surface area contributed by atoms with Gasteiger partial charge in [0.25, 0.3) is 0 Å². The van der Waals surface area contributed by atoms with Crippen LogP contribution in [0.25, 0.3) is 0 Å². The van der Waals surface area contributed by atoms with Gasteiger partial charge >= 0.3 is 5.97 Å². The van der Waals surface area contributed by atoms with Gasteiger partial charge in [0, 0.05) is 6.54 Å². The van der Waals surface area contributed by atoms with Crippen LogP contribution < -0.4 is 0 Å². The molecule has 0 spiro atoms. The highest BCUT2D eigenvalue weighted by molar-refractivity contribution is 5.78. The Labute approximate surface area is 97.8 Å². The van der Waals surface area contributed by atoms with E-state index in [0.717, 1.165) is 38.1 Å². The van der Waals surface area contributed by atoms with Gasteiger partial charge in [-0.05, 0) is 38.6 Å². The summed E-state index contributed by atoms with van der Waals surface area (Å²) in [6, 6.07) is 0. The first-order valence-electron chi connectivity index (χ1n) is 6.60. The first-order chi connectivity index (χ1) is 7.65. The van der Waals surface area contributed by atoms with Gasteiger partial charge in [0.15, 0.2) is 0 Å². The molecule has 16 heavy (non-hydrogen) atoms. The molecule has 0 saturated heterocycles. The number of carboxylic acids is 1. The van der Waals surface area contributed by atoms with Gasteiger partial charge in [-0.15, -0.1) is 0 Å². The summed E-state index contributed by atoms with van der Waals surface area (Å²) < 4.78 is 0. The first kappa shape index (κ1) is 11.9. The van der Waals surface area contributed by atoms with Gasteiger partial charge in [0.2, 0.25) is 0 Å². The minimum absolute atomic E-state index is 0.556. The topological polar surface area (TPSA) is 40.5 Å². The molecule has 0 atom stereocenters. The van der Waals surface area contributed by atoms with Crippen LogP contribution in [0.4, 0.5) is 0 Å². The molecular weight excluding hydrogens is 202 g/mol. The van der Waals surface area contributed by atoms with E-state index < -0.39 is 11.5 Å². The number of likely N-dealkylation sites (N-methyl/N-ethyl adjacent to an activating group) is 1. The molecule has 0 aromatic heterocycles. The molecule has 2 aliphatic rings. The van der Waals surface area contributed by atoms with Crippen molar-refractivity contribution in [1.29, 1.82) is 0 Å². The van der Waals surface area contributed by atoms with Gasteiger partial charge in [-0.1, -0.05) is 25.7 Å². The quantitative estimate of drug-likeness (QED) is 0.747. The highest BCUT2D eigenvalue weighted by Gasteiger charge is 2.43. The van der Waals surface area contributed by atoms with Crippen LogP contribution in [0.5, 0.6) is 0 Å². The molecule has 0 amide bonds. The number of hydrogen-bond acceptors (Lipinski definition) is 2. The van der Waals surface area contributed by atoms with Gasteiger partial charge in [0.1, 0.15) is 5.54 Å². The van der Waals surface area contributed by atoms with Crippen molar-refractivity contribution < 1.29 is 9.90 Å². The molecule has 2 fully saturated rings. The summed E-state index contributed by atoms with van der Waals surface area (Å²) in [5.41, 5.74) is -0.556. The maximum absolute atomic E-state index is 11.6. The van der Waals surface area contributed by atoms with Crippen LogP contribution in [0, 0.1) is 5.92 Å². The van der Waals surface area contributed by atoms with Crippen LogP contribution in [-0.2, 0) is 4.79 Å². The number of carboxylic acid groups (broad SMARTS) is 1. The van der Waals surface area contributed by atoms with E-state index in [-0.39, 0.29) is 0 Å². The summed E-state index contributed by atoms with van der Waals surface area (Å²) >= 11 is 0. The highest BCUT2D eigenvalue weighted by atomic mass is 16.4. The van der Waals surface area contributed by atoms with Crippen LogP contribution in [0.3, 0.4) is 0 Å². The summed E-state index contributed by atoms with van der Waals surface area (Å²) in [4.78, 5) is 13.8. The highest BCUT2D eigenvalue weighted by Crippen LogP contribution is 2.36. The molecule has 2 rings (SSSR count). The lowest BCUT2D eigenvalue weighted by Crippen LogP contribution is -2.53. The minimum atomic E-state index is -0.599. The fraction of sp³-hybridized carbons (Fsp3) is 0.923. The molecule has 0 heterocycles. The maximum Gasteiger partial charge on any atom is 0.324 e. The van der Waals surface area contributed by atoms with Crippen molar-refractivity contribution in [3.63, 3.8) is 0 Å². The van der Waals surface area contributed by atoms with Crippen LogP contribution in [0.1, 0.15) is 51.4 Å². The predicted octanol–water partition coefficient (Wildman–Crippen LogP) is 2.51. The van der Waals surface area contributed by atoms with E-state index in [4.69, 9.17) is 0 Å². The molecule has 0 radical (unpaired) electrons. The number of rotatable bonds is 4. The zero-order valence-corrected chi connectivity index (χ0v) is 10.2. The summed E-state index contributed by atoms with van der Waals surface area (Å²) in [7, 11) is 2.01. The lowest BCUT2D eigenvalue weighted by molar-refractivity contribution is -0.152. The van der Waals surface area contributed by atoms with Crippen LogP contribution >= 0.6 is 0 Å². The van der Waals surface area contributed by atoms with Crippen molar-refractivity contribution in [2.75, 3.05) is 13.6 Å². The molecule has 0 aromatic rings. The van der Waals surface area contributed by atoms with E-state index in [1.807, 2.05) is 7.05 Å². The average Bonchev–Trinajstić information content (AvgIpc) is 3.02. The second-order valence-electron chi connectivity index (χ2n) is 5.57. The summed E-state index contributed by atoms with van der Waals surface area (Å²) in [5, 5.41) is 9.58. The van der Waals surface area contributed by atoms with Crippen molar-refractivity contribution in [3.8, 4) is 0 Å². The van der Waals surface area contributed by atoms with Crippen LogP contribution in [0.15, 0.2) is 0 Å². The second kappa shape index (κ2) is 4.74. The fourth-order valence-electron chi connectivity index (χ4n) is 2.93. The molecule has 0 bridgehead atoms. The molecule has 3 heteroatoms. The van der Waals surface area contributed by atoms with E-state index >= 15 is 0 Å². The maximum atomic E-state index is 11.6. The van der Waals surface area contributed by atoms with E-state index in [2.05, 4.69) is 4.90 Å². The molecule has 0 aromatic carbocycles. The lowest BCUT2D eigenvalue weighted by atomic mass is 9.88. The second-order valence-corrected chi connectivity index (χ2v) is 5.57. The SMILES string of the molecule is CN(CC1CC1)C1(C(=O)O)CCCCCC1. The van der Waals surface area contributed by atoms with Crippen LogP contribution in [0.2, 0.25) is 0 Å². The third kappa shape index (κ3) is 2.40. The van der Waals surface area contributed by atoms with Gasteiger partial charge in [0.05, 0.1) is 0 Å². The molecule has 2 saturated carbocycles. The number of carbonyl (C=O) groups is 1. The monoisotopic (exact) mass is 225 g/mol. The van der Waals surface area contributed by atoms with Crippen molar-refractivity contribution in [1.82, 2.24) is 4.90 Å². The number of aliphatic carboxylic acids is 1. The Morgan fingerprint density at radius 2 is 1.81 bits per heavy atom. The Morgan fingerprint density at radius 3 is 2.25 bits per heavy atom. The van der Waals surface area contributed by atoms with Gasteiger partial charge < -0.3 is 5.11 Å². The molecule has 2 aliphatic carbocycles. The van der Waals surface area contributed by atoms with Crippen LogP contribution in [-0.4, -0.2) is 35.1 Å². The predicted molar refractivity (Wildman–Crippen MR) is 63.4 cm³/mol. The largest absolute Gasteiger partial charge is 0.480 e. The molecule has 1 N–H and O–H groups in total. The molecule has 0 aliphatic heterocycles. The lowest BCUT2D eigenvalue weighted by Gasteiger charge is -2.37. The van der Waals surface area contributed by atoms with E-state index in [9.17, 15) is 9.90 Å². The van der Waals surface area contributed by atoms with E-state index in [1.165, 1.54) is 25.7 Å². The molecule has 92 valence electrons. The Hall–Kier alpha value is -0.570. The number of nitrogens with zero attached hydrogens (tertiary/aromatic N) is 1. The molecule has 3 nitrogen and oxygen atoms in total. The standard InChI is InChI=1S/C13H23NO2/c1-14(10-11-6-7-11)13(12(15)16)8-4-2-3-5-9-13/h11H,2-10H2,1H3,(H,15,16). The Kier molecular flexibility index (Phi) is 3.53. The summed E-state index contributed by atoms with van der Waals surface area (Å²) in [6.07, 6.45) is 8.80. The first-order valence-corrected chi connectivity index (χ1v) is 6.60. The van der Waals surface area contributed by atoms with Gasteiger partial charge in [-0.2, -0.15) is 0 Å². The summed E-state index contributed by atoms with van der Waals surface area (Å²) in [6.45, 7) is 0.978. The number of hydrogen-bond donors (Lipinski definition) is 1. The van der Waals surface area contributed by atoms with E-state index in [1.54, 1.807) is 0 Å². The third-order valence-corrected chi connectivity index (χ3v) is 4.29. The fourth-order valence-corrected chi connectivity index (χ4v) is 2.93. The normalized spacial score (nSPS) is 25.4. The minimum Gasteiger partial charge on any atom is -0.480 e. The Balaban J connectivity index is 2.07. The zero-order valence-electron chi connectivity index (χ0n) is 10.2. The third-order valence-electron chi connectivity index (χ3n) is 4.29. The van der Waals surface area contributed by atoms with Crippen molar-refractivity contribution in [2.24, 2.45) is 5.92 Å². The van der Waals surface area contributed by atoms with Crippen molar-refractivity contribution >= 4 is 5.97 Å². The van der Waals surface area contributed by atoms with Crippen molar-refractivity contribution in [3.05, 3.63) is 0 Å². The average molecular weight is 225 g/mol. The molecular formula is C13H23NO2. The van der Waals surface area contributed by atoms with Gasteiger partial charge in [-0.3, -0.25) is 9.69 Å². The van der Waals surface area contributed by atoms with Crippen molar-refractivity contribution in [2.45, 2.75) is 56.9 Å². The smallest absolute Gasteiger partial charge is 0.324 e.